The number of aromatic amines is 1. The quantitative estimate of drug-likeness (QED) is 0.369. The third-order valence-corrected chi connectivity index (χ3v) is 5.01. The molecule has 0 amide bonds. The van der Waals surface area contributed by atoms with Gasteiger partial charge in [-0.2, -0.15) is 0 Å². The number of thioether (sulfide) groups is 1. The summed E-state index contributed by atoms with van der Waals surface area (Å²) in [5, 5.41) is 9.35. The number of benzene rings is 2. The van der Waals surface area contributed by atoms with Crippen LogP contribution < -0.4 is 0 Å². The van der Waals surface area contributed by atoms with E-state index in [4.69, 9.17) is 4.42 Å². The van der Waals surface area contributed by atoms with Crippen molar-refractivity contribution in [2.45, 2.75) is 5.22 Å². The van der Waals surface area contributed by atoms with Gasteiger partial charge < -0.3 is 9.40 Å². The van der Waals surface area contributed by atoms with E-state index in [2.05, 4.69) is 31.1 Å². The summed E-state index contributed by atoms with van der Waals surface area (Å²) in [5.74, 6) is 0.690. The van der Waals surface area contributed by atoms with Gasteiger partial charge in [-0.1, -0.05) is 52.0 Å². The molecule has 0 atom stereocenters. The fraction of sp³-hybridized carbons (Fsp3) is 0.0556. The molecule has 2 aromatic heterocycles. The van der Waals surface area contributed by atoms with Gasteiger partial charge in [0.25, 0.3) is 5.22 Å². The van der Waals surface area contributed by atoms with Crippen LogP contribution in [0.5, 0.6) is 0 Å². The van der Waals surface area contributed by atoms with Gasteiger partial charge in [-0.25, -0.2) is 0 Å². The van der Waals surface area contributed by atoms with E-state index in [9.17, 15) is 4.79 Å². The molecule has 0 aliphatic carbocycles. The average molecular weight is 414 g/mol. The van der Waals surface area contributed by atoms with Crippen LogP contribution in [-0.4, -0.2) is 26.7 Å². The number of H-pyrrole nitrogens is 1. The normalized spacial score (nSPS) is 11.1. The number of aromatic nitrogens is 3. The predicted molar refractivity (Wildman–Crippen MR) is 101 cm³/mol. The van der Waals surface area contributed by atoms with E-state index in [1.807, 2.05) is 48.5 Å². The van der Waals surface area contributed by atoms with Gasteiger partial charge in [0.1, 0.15) is 0 Å². The Kier molecular flexibility index (Phi) is 4.42. The summed E-state index contributed by atoms with van der Waals surface area (Å²) >= 11 is 4.65. The SMILES string of the molecule is O=C(CSc1nnc(-c2cccc(Br)c2)o1)c1c[nH]c2ccccc12. The summed E-state index contributed by atoms with van der Waals surface area (Å²) in [7, 11) is 0. The topological polar surface area (TPSA) is 71.8 Å². The largest absolute Gasteiger partial charge is 0.411 e. The van der Waals surface area contributed by atoms with Gasteiger partial charge in [-0.15, -0.1) is 10.2 Å². The number of hydrogen-bond acceptors (Lipinski definition) is 5. The van der Waals surface area contributed by atoms with Crippen LogP contribution in [0.25, 0.3) is 22.4 Å². The molecule has 5 nitrogen and oxygen atoms in total. The van der Waals surface area contributed by atoms with Crippen LogP contribution in [0.2, 0.25) is 0 Å². The second-order valence-corrected chi connectivity index (χ2v) is 7.19. The first-order valence-corrected chi connectivity index (χ1v) is 9.30. The second kappa shape index (κ2) is 6.85. The third-order valence-electron chi connectivity index (χ3n) is 3.69. The lowest BCUT2D eigenvalue weighted by Crippen LogP contribution is -2.01. The first kappa shape index (κ1) is 16.1. The lowest BCUT2D eigenvalue weighted by molar-refractivity contribution is 0.102. The van der Waals surface area contributed by atoms with E-state index >= 15 is 0 Å². The van der Waals surface area contributed by atoms with Gasteiger partial charge in [0.15, 0.2) is 5.78 Å². The Morgan fingerprint density at radius 3 is 2.92 bits per heavy atom. The Morgan fingerprint density at radius 2 is 2.04 bits per heavy atom. The number of halogens is 1. The molecular weight excluding hydrogens is 402 g/mol. The molecule has 0 spiro atoms. The zero-order valence-electron chi connectivity index (χ0n) is 12.9. The summed E-state index contributed by atoms with van der Waals surface area (Å²) in [6.07, 6.45) is 1.74. The predicted octanol–water partition coefficient (Wildman–Crippen LogP) is 4.96. The van der Waals surface area contributed by atoms with Crippen molar-refractivity contribution in [3.05, 3.63) is 64.8 Å². The number of carbonyl (C=O) groups excluding carboxylic acids is 1. The van der Waals surface area contributed by atoms with Crippen molar-refractivity contribution in [2.75, 3.05) is 5.75 Å². The van der Waals surface area contributed by atoms with E-state index in [1.165, 1.54) is 11.8 Å². The molecule has 4 aromatic rings. The zero-order chi connectivity index (χ0) is 17.2. The molecule has 7 heteroatoms. The van der Waals surface area contributed by atoms with E-state index < -0.39 is 0 Å². The number of Topliss-reactive ketones (excluding diaryl/α,β-unsaturated/α-hetero) is 1. The molecule has 124 valence electrons. The average Bonchev–Trinajstić information content (AvgIpc) is 3.27. The molecular formula is C18H12BrN3O2S. The molecule has 0 aliphatic rings. The Hall–Kier alpha value is -2.38. The van der Waals surface area contributed by atoms with Crippen molar-refractivity contribution in [3.63, 3.8) is 0 Å². The Morgan fingerprint density at radius 1 is 1.16 bits per heavy atom. The molecule has 0 fully saturated rings. The molecule has 4 rings (SSSR count). The van der Waals surface area contributed by atoms with Crippen LogP contribution in [0.4, 0.5) is 0 Å². The van der Waals surface area contributed by atoms with Crippen LogP contribution in [0.1, 0.15) is 10.4 Å². The highest BCUT2D eigenvalue weighted by atomic mass is 79.9. The monoisotopic (exact) mass is 413 g/mol. The van der Waals surface area contributed by atoms with Gasteiger partial charge in [-0.05, 0) is 24.3 Å². The van der Waals surface area contributed by atoms with Crippen LogP contribution >= 0.6 is 27.7 Å². The van der Waals surface area contributed by atoms with Crippen molar-refractivity contribution < 1.29 is 9.21 Å². The lowest BCUT2D eigenvalue weighted by atomic mass is 10.1. The molecule has 2 heterocycles. The second-order valence-electron chi connectivity index (χ2n) is 5.34. The minimum Gasteiger partial charge on any atom is -0.411 e. The summed E-state index contributed by atoms with van der Waals surface area (Å²) < 4.78 is 6.58. The minimum atomic E-state index is 0.0182. The first-order chi connectivity index (χ1) is 12.2. The minimum absolute atomic E-state index is 0.0182. The van der Waals surface area contributed by atoms with Gasteiger partial charge in [0, 0.05) is 32.7 Å². The fourth-order valence-electron chi connectivity index (χ4n) is 2.51. The van der Waals surface area contributed by atoms with Crippen molar-refractivity contribution in [3.8, 4) is 11.5 Å². The Labute approximate surface area is 156 Å². The highest BCUT2D eigenvalue weighted by Crippen LogP contribution is 2.26. The maximum absolute atomic E-state index is 12.5. The third kappa shape index (κ3) is 3.38. The smallest absolute Gasteiger partial charge is 0.277 e. The number of fused-ring (bicyclic) bond motifs is 1. The molecule has 25 heavy (non-hydrogen) atoms. The molecule has 1 N–H and O–H groups in total. The lowest BCUT2D eigenvalue weighted by Gasteiger charge is -1.97. The number of nitrogens with one attached hydrogen (secondary N) is 1. The summed E-state index contributed by atoms with van der Waals surface area (Å²) in [6, 6.07) is 15.4. The van der Waals surface area contributed by atoms with Crippen LogP contribution in [0, 0.1) is 0 Å². The highest BCUT2D eigenvalue weighted by molar-refractivity contribution is 9.10. The standard InChI is InChI=1S/C18H12BrN3O2S/c19-12-5-3-4-11(8-12)17-21-22-18(24-17)25-10-16(23)14-9-20-15-7-2-1-6-13(14)15/h1-9,20H,10H2. The van der Waals surface area contributed by atoms with Crippen LogP contribution in [-0.2, 0) is 0 Å². The van der Waals surface area contributed by atoms with Gasteiger partial charge >= 0.3 is 0 Å². The van der Waals surface area contributed by atoms with E-state index in [-0.39, 0.29) is 11.5 Å². The molecule has 0 saturated carbocycles. The van der Waals surface area contributed by atoms with E-state index in [1.54, 1.807) is 6.20 Å². The van der Waals surface area contributed by atoms with Crippen LogP contribution in [0.15, 0.2) is 68.8 Å². The summed E-state index contributed by atoms with van der Waals surface area (Å²) in [4.78, 5) is 15.6. The fourth-order valence-corrected chi connectivity index (χ4v) is 3.56. The number of ketones is 1. The van der Waals surface area contributed by atoms with Crippen molar-refractivity contribution in [1.82, 2.24) is 15.2 Å². The number of para-hydroxylation sites is 1. The number of nitrogens with zero attached hydrogens (tertiary/aromatic N) is 2. The molecule has 0 bridgehead atoms. The van der Waals surface area contributed by atoms with Gasteiger partial charge in [-0.3, -0.25) is 4.79 Å². The van der Waals surface area contributed by atoms with Crippen molar-refractivity contribution in [1.29, 1.82) is 0 Å². The molecule has 2 aromatic carbocycles. The first-order valence-electron chi connectivity index (χ1n) is 7.52. The van der Waals surface area contributed by atoms with Gasteiger partial charge in [0.05, 0.1) is 5.75 Å². The highest BCUT2D eigenvalue weighted by Gasteiger charge is 2.15. The van der Waals surface area contributed by atoms with Crippen molar-refractivity contribution >= 4 is 44.4 Å². The number of rotatable bonds is 5. The summed E-state index contributed by atoms with van der Waals surface area (Å²) in [5.41, 5.74) is 2.46. The Bertz CT molecular complexity index is 1060. The van der Waals surface area contributed by atoms with E-state index in [0.29, 0.717) is 16.7 Å². The maximum atomic E-state index is 12.5. The van der Waals surface area contributed by atoms with E-state index in [0.717, 1.165) is 20.9 Å². The molecule has 0 saturated heterocycles. The number of carbonyl (C=O) groups is 1. The molecule has 0 radical (unpaired) electrons. The molecule has 0 unspecified atom stereocenters. The maximum Gasteiger partial charge on any atom is 0.277 e. The zero-order valence-corrected chi connectivity index (χ0v) is 15.3. The van der Waals surface area contributed by atoms with Crippen molar-refractivity contribution in [2.24, 2.45) is 0 Å². The number of hydrogen-bond donors (Lipinski definition) is 1. The van der Waals surface area contributed by atoms with Crippen LogP contribution in [0.3, 0.4) is 0 Å². The Balaban J connectivity index is 1.47. The van der Waals surface area contributed by atoms with Gasteiger partial charge in [0.2, 0.25) is 5.89 Å². The summed E-state index contributed by atoms with van der Waals surface area (Å²) in [6.45, 7) is 0. The molecule has 0 aliphatic heterocycles.